The van der Waals surface area contributed by atoms with Crippen LogP contribution in [0.15, 0.2) is 42.6 Å². The fraction of sp³-hybridized carbons (Fsp3) is 0.419. The van der Waals surface area contributed by atoms with Crippen molar-refractivity contribution in [3.05, 3.63) is 65.0 Å². The summed E-state index contributed by atoms with van der Waals surface area (Å²) in [5.74, 6) is 1.35. The number of benzene rings is 2. The first-order chi connectivity index (χ1) is 17.4. The molecule has 3 heterocycles. The van der Waals surface area contributed by atoms with E-state index >= 15 is 0 Å². The Morgan fingerprint density at radius 2 is 1.94 bits per heavy atom. The van der Waals surface area contributed by atoms with Crippen LogP contribution in [0.5, 0.6) is 5.75 Å². The summed E-state index contributed by atoms with van der Waals surface area (Å²) in [5.41, 5.74) is 9.47. The van der Waals surface area contributed by atoms with Crippen LogP contribution in [0.3, 0.4) is 0 Å². The van der Waals surface area contributed by atoms with Crippen molar-refractivity contribution in [2.24, 2.45) is 5.92 Å². The van der Waals surface area contributed by atoms with Gasteiger partial charge in [0.15, 0.2) is 6.20 Å². The van der Waals surface area contributed by atoms with Crippen molar-refractivity contribution >= 4 is 18.5 Å². The maximum absolute atomic E-state index is 6.34. The summed E-state index contributed by atoms with van der Waals surface area (Å²) in [5, 5.41) is 5.27. The summed E-state index contributed by atoms with van der Waals surface area (Å²) < 4.78 is 10.4. The Morgan fingerprint density at radius 1 is 1.14 bits per heavy atom. The largest absolute Gasteiger partial charge is 0.491 e. The van der Waals surface area contributed by atoms with Crippen LogP contribution in [0.2, 0.25) is 0 Å². The zero-order valence-corrected chi connectivity index (χ0v) is 22.4. The Bertz CT molecular complexity index is 1310. The highest BCUT2D eigenvalue weighted by atomic mass is 16.5. The Morgan fingerprint density at radius 3 is 2.69 bits per heavy atom. The van der Waals surface area contributed by atoms with Gasteiger partial charge in [0.1, 0.15) is 18.2 Å². The molecule has 188 valence electrons. The molecule has 36 heavy (non-hydrogen) atoms. The fourth-order valence-electron chi connectivity index (χ4n) is 5.59. The lowest BCUT2D eigenvalue weighted by molar-refractivity contribution is -0.343. The number of rotatable bonds is 8. The summed E-state index contributed by atoms with van der Waals surface area (Å²) in [6, 6.07) is 13.6. The van der Waals surface area contributed by atoms with Gasteiger partial charge in [-0.25, -0.2) is 4.68 Å². The number of fused-ring (bicyclic) bond motifs is 2. The number of para-hydroxylation sites is 1. The van der Waals surface area contributed by atoms with Crippen molar-refractivity contribution < 1.29 is 9.31 Å². The zero-order valence-electron chi connectivity index (χ0n) is 22.4. The van der Waals surface area contributed by atoms with Crippen LogP contribution in [-0.4, -0.2) is 45.2 Å². The third-order valence-corrected chi connectivity index (χ3v) is 7.55. The minimum atomic E-state index is 0.450. The molecular formula is C31H39N4O+. The van der Waals surface area contributed by atoms with E-state index in [1.54, 1.807) is 0 Å². The van der Waals surface area contributed by atoms with Gasteiger partial charge in [-0.05, 0) is 49.4 Å². The highest BCUT2D eigenvalue weighted by Crippen LogP contribution is 2.39. The van der Waals surface area contributed by atoms with Crippen molar-refractivity contribution in [1.82, 2.24) is 14.7 Å². The highest BCUT2D eigenvalue weighted by Gasteiger charge is 2.30. The molecule has 1 aromatic heterocycles. The van der Waals surface area contributed by atoms with Crippen LogP contribution in [-0.2, 0) is 13.0 Å². The molecule has 0 bridgehead atoms. The van der Waals surface area contributed by atoms with Crippen LogP contribution >= 0.6 is 0 Å². The van der Waals surface area contributed by atoms with Gasteiger partial charge in [-0.2, -0.15) is 9.67 Å². The van der Waals surface area contributed by atoms with Crippen LogP contribution in [0.25, 0.3) is 23.0 Å². The Kier molecular flexibility index (Phi) is 6.85. The minimum absolute atomic E-state index is 0.450. The van der Waals surface area contributed by atoms with E-state index in [9.17, 15) is 0 Å². The highest BCUT2D eigenvalue weighted by molar-refractivity contribution is 5.76. The number of ether oxygens (including phenoxy) is 1. The van der Waals surface area contributed by atoms with Gasteiger partial charge in [0, 0.05) is 48.8 Å². The molecule has 5 rings (SSSR count). The van der Waals surface area contributed by atoms with E-state index in [4.69, 9.17) is 9.84 Å². The molecular weight excluding hydrogens is 444 g/mol. The topological polar surface area (TPSA) is 33.3 Å². The lowest BCUT2D eigenvalue weighted by atomic mass is 9.97. The molecule has 2 aliphatic rings. The molecule has 0 fully saturated rings. The van der Waals surface area contributed by atoms with Crippen molar-refractivity contribution in [1.29, 1.82) is 0 Å². The Hall–Kier alpha value is -3.18. The first kappa shape index (κ1) is 24.5. The van der Waals surface area contributed by atoms with E-state index in [2.05, 4.69) is 93.4 Å². The molecule has 5 nitrogen and oxygen atoms in total. The van der Waals surface area contributed by atoms with Gasteiger partial charge < -0.3 is 4.74 Å². The normalized spacial score (nSPS) is 15.1. The predicted octanol–water partition coefficient (Wildman–Crippen LogP) is 6.76. The van der Waals surface area contributed by atoms with E-state index in [-0.39, 0.29) is 0 Å². The van der Waals surface area contributed by atoms with Crippen LogP contribution < -0.4 is 4.74 Å². The second-order valence-corrected chi connectivity index (χ2v) is 10.6. The Balaban J connectivity index is 1.69. The van der Waals surface area contributed by atoms with Crippen LogP contribution in [0.4, 0.5) is 5.69 Å². The fourth-order valence-corrected chi connectivity index (χ4v) is 5.59. The molecule has 0 unspecified atom stereocenters. The second-order valence-electron chi connectivity index (χ2n) is 10.6. The smallest absolute Gasteiger partial charge is 0.217 e. The van der Waals surface area contributed by atoms with Crippen molar-refractivity contribution in [2.75, 3.05) is 13.2 Å². The van der Waals surface area contributed by atoms with Gasteiger partial charge in [-0.15, -0.1) is 0 Å². The maximum atomic E-state index is 6.34. The molecule has 0 saturated carbocycles. The van der Waals surface area contributed by atoms with Gasteiger partial charge in [-0.3, -0.25) is 4.90 Å². The van der Waals surface area contributed by atoms with Crippen LogP contribution in [0, 0.1) is 12.8 Å². The molecule has 5 heteroatoms. The number of hydrogen-bond donors (Lipinski definition) is 0. The third-order valence-electron chi connectivity index (χ3n) is 7.55. The van der Waals surface area contributed by atoms with Crippen molar-refractivity contribution in [3.63, 3.8) is 0 Å². The summed E-state index contributed by atoms with van der Waals surface area (Å²) in [4.78, 5) is 2.65. The number of aryl methyl sites for hydroxylation is 1. The van der Waals surface area contributed by atoms with Gasteiger partial charge in [0.2, 0.25) is 5.69 Å². The van der Waals surface area contributed by atoms with Gasteiger partial charge in [-0.1, -0.05) is 39.8 Å². The second kappa shape index (κ2) is 10.1. The number of hydrogen-bond acceptors (Lipinski definition) is 3. The minimum Gasteiger partial charge on any atom is -0.491 e. The average molecular weight is 484 g/mol. The van der Waals surface area contributed by atoms with Gasteiger partial charge in [0.25, 0.3) is 0 Å². The first-order valence-corrected chi connectivity index (χ1v) is 13.4. The Labute approximate surface area is 215 Å². The van der Waals surface area contributed by atoms with E-state index < -0.39 is 0 Å². The van der Waals surface area contributed by atoms with Crippen molar-refractivity contribution in [3.8, 4) is 22.7 Å². The molecule has 0 aliphatic carbocycles. The first-order valence-electron chi connectivity index (χ1n) is 13.4. The third kappa shape index (κ3) is 4.41. The monoisotopic (exact) mass is 483 g/mol. The molecule has 3 aromatic rings. The number of nitrogens with zero attached hydrogens (tertiary/aromatic N) is 4. The van der Waals surface area contributed by atoms with Crippen molar-refractivity contribution in [2.45, 2.75) is 66.5 Å². The lowest BCUT2D eigenvalue weighted by Gasteiger charge is -2.33. The predicted molar refractivity (Wildman–Crippen MR) is 149 cm³/mol. The standard InChI is InChI=1S/C31H39N4O/c1-7-25(8-2)34-17-15-27-26(19-34)31(24-12-13-28-23(18-24)14-16-33(28)6)35(32-27)30-22(5)10-9-11-29(30)36-20-21(3)4/h9-14,16,18,21,25H,6-8,15,17,19-20H2,1-5H3/q+1. The molecule has 0 spiro atoms. The van der Waals surface area contributed by atoms with E-state index in [0.717, 1.165) is 36.6 Å². The average Bonchev–Trinajstić information content (AvgIpc) is 3.43. The number of aromatic nitrogens is 2. The summed E-state index contributed by atoms with van der Waals surface area (Å²) in [7, 11) is 0. The molecule has 0 amide bonds. The molecule has 2 aromatic carbocycles. The summed E-state index contributed by atoms with van der Waals surface area (Å²) >= 11 is 0. The zero-order chi connectivity index (χ0) is 25.4. The van der Waals surface area contributed by atoms with E-state index in [1.165, 1.54) is 46.5 Å². The quantitative estimate of drug-likeness (QED) is 0.332. The molecule has 0 radical (unpaired) electrons. The van der Waals surface area contributed by atoms with Gasteiger partial charge in [0.05, 0.1) is 23.6 Å². The lowest BCUT2D eigenvalue weighted by Crippen LogP contribution is -2.38. The summed E-state index contributed by atoms with van der Waals surface area (Å²) in [6.07, 6.45) is 7.47. The SMILES string of the molecule is C=[N+]1C=Cc2cc(-c3c4c(nn3-c3c(C)cccc3OCC(C)C)CCN(C(CC)CC)C4)ccc21. The molecule has 0 N–H and O–H groups in total. The van der Waals surface area contributed by atoms with E-state index in [1.807, 2.05) is 10.8 Å². The van der Waals surface area contributed by atoms with E-state index in [0.29, 0.717) is 18.6 Å². The summed E-state index contributed by atoms with van der Waals surface area (Å²) in [6.45, 7) is 17.9. The van der Waals surface area contributed by atoms with Gasteiger partial charge >= 0.3 is 0 Å². The molecule has 2 aliphatic heterocycles. The molecule has 0 saturated heterocycles. The maximum Gasteiger partial charge on any atom is 0.217 e. The molecule has 0 atom stereocenters. The van der Waals surface area contributed by atoms with Crippen LogP contribution in [0.1, 0.15) is 62.9 Å².